The standard InChI is InChI=1S/C27H23N5O2/c1-18-8-7-9-19(14-18)26-23(17-32(31-26)21-10-3-2-4-11-21)27(34)30-29-25(33)15-20-16-28-24-13-6-5-12-22(20)24/h2-14,16-17,28H,15H2,1H3,(H,29,33)(H,30,34). The summed E-state index contributed by atoms with van der Waals surface area (Å²) in [4.78, 5) is 28.8. The summed E-state index contributed by atoms with van der Waals surface area (Å²) in [6, 6.07) is 25.2. The molecule has 0 bridgehead atoms. The first-order valence-corrected chi connectivity index (χ1v) is 10.9. The third kappa shape index (κ3) is 4.31. The molecule has 2 amide bonds. The molecule has 0 saturated carbocycles. The zero-order valence-electron chi connectivity index (χ0n) is 18.6. The summed E-state index contributed by atoms with van der Waals surface area (Å²) in [7, 11) is 0. The zero-order valence-corrected chi connectivity index (χ0v) is 18.6. The fourth-order valence-corrected chi connectivity index (χ4v) is 3.95. The van der Waals surface area contributed by atoms with Gasteiger partial charge in [0.15, 0.2) is 0 Å². The van der Waals surface area contributed by atoms with E-state index in [0.717, 1.165) is 33.3 Å². The van der Waals surface area contributed by atoms with Crippen LogP contribution in [-0.2, 0) is 11.2 Å². The zero-order chi connectivity index (χ0) is 23.5. The molecule has 0 fully saturated rings. The number of hydrogen-bond donors (Lipinski definition) is 3. The first-order chi connectivity index (χ1) is 16.6. The van der Waals surface area contributed by atoms with Crippen molar-refractivity contribution < 1.29 is 9.59 Å². The molecule has 0 radical (unpaired) electrons. The topological polar surface area (TPSA) is 91.8 Å². The van der Waals surface area contributed by atoms with Gasteiger partial charge in [-0.15, -0.1) is 0 Å². The van der Waals surface area contributed by atoms with E-state index in [1.165, 1.54) is 0 Å². The number of hydrazine groups is 1. The number of fused-ring (bicyclic) bond motifs is 1. The van der Waals surface area contributed by atoms with Gasteiger partial charge in [-0.2, -0.15) is 5.10 Å². The molecule has 0 aliphatic heterocycles. The number of para-hydroxylation sites is 2. The Bertz CT molecular complexity index is 1480. The van der Waals surface area contributed by atoms with E-state index in [9.17, 15) is 9.59 Å². The molecule has 2 aromatic heterocycles. The lowest BCUT2D eigenvalue weighted by Crippen LogP contribution is -2.42. The first-order valence-electron chi connectivity index (χ1n) is 10.9. The minimum Gasteiger partial charge on any atom is -0.361 e. The number of nitrogens with one attached hydrogen (secondary N) is 3. The van der Waals surface area contributed by atoms with Crippen molar-refractivity contribution in [2.45, 2.75) is 13.3 Å². The van der Waals surface area contributed by atoms with Crippen LogP contribution in [0.25, 0.3) is 27.8 Å². The van der Waals surface area contributed by atoms with Crippen molar-refractivity contribution in [3.63, 3.8) is 0 Å². The number of hydrogen-bond acceptors (Lipinski definition) is 3. The molecule has 3 N–H and O–H groups in total. The Balaban J connectivity index is 1.37. The van der Waals surface area contributed by atoms with Crippen LogP contribution in [-0.4, -0.2) is 26.6 Å². The van der Waals surface area contributed by atoms with Crippen LogP contribution in [0.4, 0.5) is 0 Å². The fraction of sp³-hybridized carbons (Fsp3) is 0.0741. The normalized spacial score (nSPS) is 10.9. The molecule has 0 unspecified atom stereocenters. The van der Waals surface area contributed by atoms with Crippen LogP contribution in [0.1, 0.15) is 21.5 Å². The average molecular weight is 450 g/mol. The molecule has 34 heavy (non-hydrogen) atoms. The lowest BCUT2D eigenvalue weighted by Gasteiger charge is -2.07. The molecule has 0 atom stereocenters. The maximum absolute atomic E-state index is 13.1. The summed E-state index contributed by atoms with van der Waals surface area (Å²) in [5.41, 5.74) is 10.5. The van der Waals surface area contributed by atoms with Crippen molar-refractivity contribution >= 4 is 22.7 Å². The molecule has 3 aromatic carbocycles. The first kappa shape index (κ1) is 21.2. The highest BCUT2D eigenvalue weighted by atomic mass is 16.2. The van der Waals surface area contributed by atoms with Crippen LogP contribution < -0.4 is 10.9 Å². The molecule has 0 aliphatic rings. The van der Waals surface area contributed by atoms with E-state index < -0.39 is 5.91 Å². The number of H-pyrrole nitrogens is 1. The highest BCUT2D eigenvalue weighted by molar-refractivity contribution is 6.01. The van der Waals surface area contributed by atoms with Crippen LogP contribution in [0.15, 0.2) is 91.3 Å². The number of nitrogens with zero attached hydrogens (tertiary/aromatic N) is 2. The maximum atomic E-state index is 13.1. The minimum atomic E-state index is -0.439. The second-order valence-corrected chi connectivity index (χ2v) is 8.08. The number of aromatic nitrogens is 3. The predicted octanol–water partition coefficient (Wildman–Crippen LogP) is 4.33. The number of aromatic amines is 1. The molecular weight excluding hydrogens is 426 g/mol. The van der Waals surface area contributed by atoms with Crippen LogP contribution >= 0.6 is 0 Å². The van der Waals surface area contributed by atoms with Crippen molar-refractivity contribution in [2.24, 2.45) is 0 Å². The molecule has 0 aliphatic carbocycles. The molecule has 168 valence electrons. The van der Waals surface area contributed by atoms with E-state index in [2.05, 4.69) is 20.9 Å². The summed E-state index contributed by atoms with van der Waals surface area (Å²) < 4.78 is 1.67. The smallest absolute Gasteiger partial charge is 0.273 e. The highest BCUT2D eigenvalue weighted by Gasteiger charge is 2.19. The van der Waals surface area contributed by atoms with Crippen LogP contribution in [0, 0.1) is 6.92 Å². The second-order valence-electron chi connectivity index (χ2n) is 8.08. The van der Waals surface area contributed by atoms with Crippen molar-refractivity contribution in [2.75, 3.05) is 0 Å². The van der Waals surface area contributed by atoms with Gasteiger partial charge in [-0.3, -0.25) is 20.4 Å². The largest absolute Gasteiger partial charge is 0.361 e. The van der Waals surface area contributed by atoms with Gasteiger partial charge < -0.3 is 4.98 Å². The van der Waals surface area contributed by atoms with Crippen molar-refractivity contribution in [3.05, 3.63) is 108 Å². The lowest BCUT2D eigenvalue weighted by atomic mass is 10.1. The number of benzene rings is 3. The van der Waals surface area contributed by atoms with Gasteiger partial charge in [0.05, 0.1) is 17.7 Å². The summed E-state index contributed by atoms with van der Waals surface area (Å²) in [6.45, 7) is 1.99. The summed E-state index contributed by atoms with van der Waals surface area (Å²) >= 11 is 0. The van der Waals surface area contributed by atoms with Crippen molar-refractivity contribution in [3.8, 4) is 16.9 Å². The lowest BCUT2D eigenvalue weighted by molar-refractivity contribution is -0.121. The number of carbonyl (C=O) groups excluding carboxylic acids is 2. The van der Waals surface area contributed by atoms with E-state index in [-0.39, 0.29) is 12.3 Å². The quantitative estimate of drug-likeness (QED) is 0.349. The summed E-state index contributed by atoms with van der Waals surface area (Å²) in [5.74, 6) is -0.753. The Kier molecular flexibility index (Phi) is 5.66. The molecule has 2 heterocycles. The Morgan fingerprint density at radius 2 is 1.74 bits per heavy atom. The Hall–Kier alpha value is -4.65. The number of aryl methyl sites for hydroxylation is 1. The van der Waals surface area contributed by atoms with Gasteiger partial charge in [0.1, 0.15) is 5.69 Å². The Morgan fingerprint density at radius 3 is 2.56 bits per heavy atom. The van der Waals surface area contributed by atoms with E-state index in [0.29, 0.717) is 11.3 Å². The van der Waals surface area contributed by atoms with Crippen LogP contribution in [0.3, 0.4) is 0 Å². The Labute approximate surface area is 196 Å². The SMILES string of the molecule is Cc1cccc(-c2nn(-c3ccccc3)cc2C(=O)NNC(=O)Cc2c[nH]c3ccccc23)c1. The molecule has 0 saturated heterocycles. The van der Waals surface area contributed by atoms with E-state index >= 15 is 0 Å². The molecular formula is C27H23N5O2. The van der Waals surface area contributed by atoms with Gasteiger partial charge in [0.2, 0.25) is 5.91 Å². The van der Waals surface area contributed by atoms with Gasteiger partial charge in [-0.05, 0) is 36.8 Å². The van der Waals surface area contributed by atoms with Crippen molar-refractivity contribution in [1.29, 1.82) is 0 Å². The monoisotopic (exact) mass is 449 g/mol. The second kappa shape index (κ2) is 9.07. The van der Waals surface area contributed by atoms with Crippen LogP contribution in [0.5, 0.6) is 0 Å². The minimum absolute atomic E-state index is 0.137. The third-order valence-electron chi connectivity index (χ3n) is 5.61. The average Bonchev–Trinajstić information content (AvgIpc) is 3.48. The van der Waals surface area contributed by atoms with E-state index in [4.69, 9.17) is 0 Å². The summed E-state index contributed by atoms with van der Waals surface area (Å²) in [5, 5.41) is 5.66. The predicted molar refractivity (Wildman–Crippen MR) is 131 cm³/mol. The molecule has 0 spiro atoms. The number of amides is 2. The van der Waals surface area contributed by atoms with Gasteiger partial charge in [-0.25, -0.2) is 4.68 Å². The molecule has 7 nitrogen and oxygen atoms in total. The molecule has 5 aromatic rings. The maximum Gasteiger partial charge on any atom is 0.273 e. The number of rotatable bonds is 5. The third-order valence-corrected chi connectivity index (χ3v) is 5.61. The van der Waals surface area contributed by atoms with E-state index in [1.54, 1.807) is 10.9 Å². The van der Waals surface area contributed by atoms with Gasteiger partial charge in [-0.1, -0.05) is 60.2 Å². The molecule has 5 rings (SSSR count). The highest BCUT2D eigenvalue weighted by Crippen LogP contribution is 2.24. The van der Waals surface area contributed by atoms with Gasteiger partial charge in [0.25, 0.3) is 5.91 Å². The fourth-order valence-electron chi connectivity index (χ4n) is 3.95. The Morgan fingerprint density at radius 1 is 0.941 bits per heavy atom. The van der Waals surface area contributed by atoms with Crippen LogP contribution in [0.2, 0.25) is 0 Å². The number of carbonyl (C=O) groups is 2. The van der Waals surface area contributed by atoms with Gasteiger partial charge in [0, 0.05) is 28.9 Å². The summed E-state index contributed by atoms with van der Waals surface area (Å²) in [6.07, 6.45) is 3.62. The van der Waals surface area contributed by atoms with Crippen molar-refractivity contribution in [1.82, 2.24) is 25.6 Å². The van der Waals surface area contributed by atoms with Gasteiger partial charge >= 0.3 is 0 Å². The molecule has 7 heteroatoms. The van der Waals surface area contributed by atoms with E-state index in [1.807, 2.05) is 92.0 Å².